The van der Waals surface area contributed by atoms with E-state index in [1.54, 1.807) is 0 Å². The van der Waals surface area contributed by atoms with Gasteiger partial charge in [0.2, 0.25) is 0 Å². The van der Waals surface area contributed by atoms with E-state index in [2.05, 4.69) is 5.32 Å². The molecule has 0 radical (unpaired) electrons. The molecule has 0 aromatic rings. The van der Waals surface area contributed by atoms with E-state index in [-0.39, 0.29) is 5.60 Å². The second-order valence-corrected chi connectivity index (χ2v) is 4.73. The maximum Gasteiger partial charge on any atom is 0.0680 e. The van der Waals surface area contributed by atoms with Crippen LogP contribution in [0.4, 0.5) is 0 Å². The minimum atomic E-state index is -0.262. The van der Waals surface area contributed by atoms with Gasteiger partial charge in [-0.1, -0.05) is 0 Å². The Bertz CT molecular complexity index is 155. The summed E-state index contributed by atoms with van der Waals surface area (Å²) in [7, 11) is 0. The van der Waals surface area contributed by atoms with Gasteiger partial charge in [0.25, 0.3) is 0 Å². The van der Waals surface area contributed by atoms with Gasteiger partial charge < -0.3 is 10.4 Å². The third-order valence-corrected chi connectivity index (χ3v) is 3.63. The molecule has 0 spiro atoms. The summed E-state index contributed by atoms with van der Waals surface area (Å²) in [5.41, 5.74) is -0.262. The Kier molecular flexibility index (Phi) is 1.06. The van der Waals surface area contributed by atoms with E-state index in [0.717, 1.165) is 25.2 Å². The summed E-state index contributed by atoms with van der Waals surface area (Å²) >= 11 is 0. The summed E-state index contributed by atoms with van der Waals surface area (Å²) < 4.78 is 0. The SMILES string of the molecule is OC12CC3C[C@H](C1)N[C@@H](C3)C2. The number of hydrogen-bond donors (Lipinski definition) is 2. The average molecular weight is 153 g/mol. The van der Waals surface area contributed by atoms with Crippen molar-refractivity contribution in [3.8, 4) is 0 Å². The molecule has 2 saturated carbocycles. The van der Waals surface area contributed by atoms with Crippen LogP contribution in [0.1, 0.15) is 32.1 Å². The molecule has 2 heteroatoms. The molecule has 0 amide bonds. The molecule has 2 saturated heterocycles. The Hall–Kier alpha value is -0.0800. The lowest BCUT2D eigenvalue weighted by atomic mass is 9.62. The normalized spacial score (nSPS) is 60.3. The minimum absolute atomic E-state index is 0.262. The molecule has 2 heterocycles. The molecule has 2 unspecified atom stereocenters. The zero-order valence-corrected chi connectivity index (χ0v) is 6.71. The molecule has 0 aromatic carbocycles. The van der Waals surface area contributed by atoms with Gasteiger partial charge >= 0.3 is 0 Å². The lowest BCUT2D eigenvalue weighted by Gasteiger charge is -2.54. The van der Waals surface area contributed by atoms with Gasteiger partial charge in [0.05, 0.1) is 5.60 Å². The first-order chi connectivity index (χ1) is 5.23. The van der Waals surface area contributed by atoms with Crippen molar-refractivity contribution in [2.45, 2.75) is 49.8 Å². The molecule has 4 aliphatic rings. The summed E-state index contributed by atoms with van der Waals surface area (Å²) in [5.74, 6) is 0.832. The topological polar surface area (TPSA) is 32.3 Å². The van der Waals surface area contributed by atoms with Crippen molar-refractivity contribution in [2.24, 2.45) is 5.92 Å². The summed E-state index contributed by atoms with van der Waals surface area (Å²) in [6.07, 6.45) is 5.75. The van der Waals surface area contributed by atoms with Crippen molar-refractivity contribution in [3.63, 3.8) is 0 Å². The highest BCUT2D eigenvalue weighted by Crippen LogP contribution is 2.46. The fourth-order valence-corrected chi connectivity index (χ4v) is 3.53. The number of piperidine rings is 2. The van der Waals surface area contributed by atoms with Crippen molar-refractivity contribution in [1.29, 1.82) is 0 Å². The zero-order valence-electron chi connectivity index (χ0n) is 6.71. The highest BCUT2D eigenvalue weighted by atomic mass is 16.3. The van der Waals surface area contributed by atoms with Crippen molar-refractivity contribution in [1.82, 2.24) is 5.32 Å². The first-order valence-electron chi connectivity index (χ1n) is 4.72. The lowest BCUT2D eigenvalue weighted by molar-refractivity contribution is -0.100. The predicted octanol–water partition coefficient (Wildman–Crippen LogP) is 0.652. The maximum absolute atomic E-state index is 10.1. The molecule has 2 aliphatic heterocycles. The van der Waals surface area contributed by atoms with Gasteiger partial charge in [0.1, 0.15) is 0 Å². The number of aliphatic hydroxyl groups is 1. The molecule has 4 rings (SSSR count). The standard InChI is InChI=1S/C9H15NO/c11-9-3-6-1-7(4-9)10-8(2-6)5-9/h6-8,10-11H,1-5H2/t6?,7-,8+,9?. The number of nitrogens with one attached hydrogen (secondary N) is 1. The molecule has 2 N–H and O–H groups in total. The third kappa shape index (κ3) is 0.859. The first-order valence-corrected chi connectivity index (χ1v) is 4.72. The maximum atomic E-state index is 10.1. The minimum Gasteiger partial charge on any atom is -0.390 e. The van der Waals surface area contributed by atoms with Crippen LogP contribution in [0.3, 0.4) is 0 Å². The second-order valence-electron chi connectivity index (χ2n) is 4.73. The fraction of sp³-hybridized carbons (Fsp3) is 1.00. The van der Waals surface area contributed by atoms with Gasteiger partial charge in [-0.3, -0.25) is 0 Å². The van der Waals surface area contributed by atoms with Crippen LogP contribution in [0.25, 0.3) is 0 Å². The molecular weight excluding hydrogens is 138 g/mol. The van der Waals surface area contributed by atoms with E-state index in [1.165, 1.54) is 12.8 Å². The molecule has 4 atom stereocenters. The molecule has 2 nitrogen and oxygen atoms in total. The van der Waals surface area contributed by atoms with Crippen LogP contribution in [-0.2, 0) is 0 Å². The molecule has 4 bridgehead atoms. The quantitative estimate of drug-likeness (QED) is 0.535. The highest BCUT2D eigenvalue weighted by molar-refractivity contribution is 5.06. The van der Waals surface area contributed by atoms with E-state index in [0.29, 0.717) is 12.1 Å². The van der Waals surface area contributed by atoms with Gasteiger partial charge in [0.15, 0.2) is 0 Å². The van der Waals surface area contributed by atoms with Gasteiger partial charge in [-0.2, -0.15) is 0 Å². The van der Waals surface area contributed by atoms with E-state index in [1.807, 2.05) is 0 Å². The second kappa shape index (κ2) is 1.80. The smallest absolute Gasteiger partial charge is 0.0680 e. The van der Waals surface area contributed by atoms with Crippen molar-refractivity contribution < 1.29 is 5.11 Å². The zero-order chi connectivity index (χ0) is 7.47. The van der Waals surface area contributed by atoms with Gasteiger partial charge in [0, 0.05) is 12.1 Å². The number of hydrogen-bond acceptors (Lipinski definition) is 2. The number of rotatable bonds is 0. The van der Waals surface area contributed by atoms with Crippen LogP contribution in [-0.4, -0.2) is 22.8 Å². The van der Waals surface area contributed by atoms with Gasteiger partial charge in [-0.05, 0) is 38.0 Å². The van der Waals surface area contributed by atoms with Crippen molar-refractivity contribution in [2.75, 3.05) is 0 Å². The third-order valence-electron chi connectivity index (χ3n) is 3.63. The van der Waals surface area contributed by atoms with E-state index >= 15 is 0 Å². The Morgan fingerprint density at radius 1 is 1.09 bits per heavy atom. The molecule has 62 valence electrons. The van der Waals surface area contributed by atoms with Crippen LogP contribution in [0, 0.1) is 5.92 Å². The van der Waals surface area contributed by atoms with Crippen LogP contribution in [0.2, 0.25) is 0 Å². The van der Waals surface area contributed by atoms with Crippen LogP contribution >= 0.6 is 0 Å². The Morgan fingerprint density at radius 3 is 2.18 bits per heavy atom. The van der Waals surface area contributed by atoms with Crippen LogP contribution in [0.5, 0.6) is 0 Å². The fourth-order valence-electron chi connectivity index (χ4n) is 3.53. The molecule has 4 fully saturated rings. The lowest BCUT2D eigenvalue weighted by Crippen LogP contribution is -2.62. The van der Waals surface area contributed by atoms with Crippen molar-refractivity contribution in [3.05, 3.63) is 0 Å². The summed E-state index contributed by atoms with van der Waals surface area (Å²) in [4.78, 5) is 0. The van der Waals surface area contributed by atoms with E-state index in [9.17, 15) is 5.11 Å². The Labute approximate surface area is 67.0 Å². The summed E-state index contributed by atoms with van der Waals surface area (Å²) in [5, 5.41) is 13.6. The molecule has 2 aliphatic carbocycles. The average Bonchev–Trinajstić information content (AvgIpc) is 1.79. The summed E-state index contributed by atoms with van der Waals surface area (Å²) in [6, 6.07) is 1.29. The van der Waals surface area contributed by atoms with Crippen LogP contribution < -0.4 is 5.32 Å². The van der Waals surface area contributed by atoms with E-state index in [4.69, 9.17) is 0 Å². The van der Waals surface area contributed by atoms with E-state index < -0.39 is 0 Å². The largest absolute Gasteiger partial charge is 0.390 e. The molecular formula is C9H15NO. The highest BCUT2D eigenvalue weighted by Gasteiger charge is 2.49. The molecule has 11 heavy (non-hydrogen) atoms. The first kappa shape index (κ1) is 6.44. The Balaban J connectivity index is 1.94. The molecule has 0 aromatic heterocycles. The predicted molar refractivity (Wildman–Crippen MR) is 42.2 cm³/mol. The van der Waals surface area contributed by atoms with Crippen LogP contribution in [0.15, 0.2) is 0 Å². The monoisotopic (exact) mass is 153 g/mol. The van der Waals surface area contributed by atoms with Gasteiger partial charge in [-0.15, -0.1) is 0 Å². The van der Waals surface area contributed by atoms with Gasteiger partial charge in [-0.25, -0.2) is 0 Å². The summed E-state index contributed by atoms with van der Waals surface area (Å²) in [6.45, 7) is 0. The van der Waals surface area contributed by atoms with Crippen molar-refractivity contribution >= 4 is 0 Å². The Morgan fingerprint density at radius 2 is 1.73 bits per heavy atom.